The molecule has 1 aromatic rings. The second-order valence-corrected chi connectivity index (χ2v) is 2.68. The highest BCUT2D eigenvalue weighted by molar-refractivity contribution is 5.75. The molecule has 0 saturated carbocycles. The molecular formula is C10H11NO. The standard InChI is InChI=1S/C10H11NO/c1-8-6-11-7-9(2)10(8)4-3-5-12/h3-7H,1-2H3. The van der Waals surface area contributed by atoms with Crippen LogP contribution in [0.2, 0.25) is 0 Å². The van der Waals surface area contributed by atoms with E-state index in [0.717, 1.165) is 23.0 Å². The van der Waals surface area contributed by atoms with Gasteiger partial charge in [-0.2, -0.15) is 0 Å². The van der Waals surface area contributed by atoms with Gasteiger partial charge in [-0.05, 0) is 36.6 Å². The number of nitrogens with zero attached hydrogens (tertiary/aromatic N) is 1. The molecule has 0 spiro atoms. The molecule has 0 bridgehead atoms. The smallest absolute Gasteiger partial charge is 0.142 e. The molecule has 0 radical (unpaired) electrons. The molecule has 1 aromatic heterocycles. The minimum atomic E-state index is 0.777. The third-order valence-electron chi connectivity index (χ3n) is 1.73. The largest absolute Gasteiger partial charge is 0.299 e. The van der Waals surface area contributed by atoms with Gasteiger partial charge in [0.15, 0.2) is 0 Å². The van der Waals surface area contributed by atoms with Crippen molar-refractivity contribution in [1.82, 2.24) is 4.98 Å². The van der Waals surface area contributed by atoms with Crippen LogP contribution in [-0.2, 0) is 4.79 Å². The van der Waals surface area contributed by atoms with E-state index in [-0.39, 0.29) is 0 Å². The van der Waals surface area contributed by atoms with Crippen LogP contribution in [0, 0.1) is 13.8 Å². The fraction of sp³-hybridized carbons (Fsp3) is 0.200. The average molecular weight is 161 g/mol. The molecule has 1 rings (SSSR count). The van der Waals surface area contributed by atoms with Gasteiger partial charge in [0.25, 0.3) is 0 Å². The molecule has 1 heterocycles. The van der Waals surface area contributed by atoms with Crippen LogP contribution in [-0.4, -0.2) is 11.3 Å². The molecule has 0 aliphatic carbocycles. The topological polar surface area (TPSA) is 30.0 Å². The summed E-state index contributed by atoms with van der Waals surface area (Å²) in [5.41, 5.74) is 3.26. The molecule has 0 saturated heterocycles. The summed E-state index contributed by atoms with van der Waals surface area (Å²) in [5.74, 6) is 0. The highest BCUT2D eigenvalue weighted by atomic mass is 16.1. The molecule has 62 valence electrons. The molecule has 0 unspecified atom stereocenters. The van der Waals surface area contributed by atoms with Crippen molar-refractivity contribution in [3.05, 3.63) is 35.2 Å². The summed E-state index contributed by atoms with van der Waals surface area (Å²) < 4.78 is 0. The third kappa shape index (κ3) is 1.78. The number of aldehydes is 1. The maximum absolute atomic E-state index is 10.1. The van der Waals surface area contributed by atoms with Crippen LogP contribution in [0.5, 0.6) is 0 Å². The second-order valence-electron chi connectivity index (χ2n) is 2.68. The number of pyridine rings is 1. The van der Waals surface area contributed by atoms with Crippen LogP contribution in [0.3, 0.4) is 0 Å². The summed E-state index contributed by atoms with van der Waals surface area (Å²) >= 11 is 0. The van der Waals surface area contributed by atoms with E-state index in [2.05, 4.69) is 4.98 Å². The van der Waals surface area contributed by atoms with E-state index in [1.165, 1.54) is 6.08 Å². The van der Waals surface area contributed by atoms with E-state index >= 15 is 0 Å². The first kappa shape index (κ1) is 8.65. The molecule has 2 heteroatoms. The van der Waals surface area contributed by atoms with Gasteiger partial charge in [-0.25, -0.2) is 0 Å². The van der Waals surface area contributed by atoms with E-state index in [1.54, 1.807) is 18.5 Å². The number of rotatable bonds is 2. The molecule has 0 amide bonds. The van der Waals surface area contributed by atoms with Crippen LogP contribution in [0.1, 0.15) is 16.7 Å². The first-order chi connectivity index (χ1) is 5.75. The first-order valence-corrected chi connectivity index (χ1v) is 3.78. The van der Waals surface area contributed by atoms with Gasteiger partial charge < -0.3 is 0 Å². The SMILES string of the molecule is Cc1cncc(C)c1C=CC=O. The number of carbonyl (C=O) groups is 1. The monoisotopic (exact) mass is 161 g/mol. The molecule has 0 atom stereocenters. The lowest BCUT2D eigenvalue weighted by Gasteiger charge is -2.01. The van der Waals surface area contributed by atoms with Gasteiger partial charge in [0, 0.05) is 12.4 Å². The minimum absolute atomic E-state index is 0.777. The zero-order valence-electron chi connectivity index (χ0n) is 7.24. The van der Waals surface area contributed by atoms with Crippen LogP contribution in [0.25, 0.3) is 6.08 Å². The fourth-order valence-electron chi connectivity index (χ4n) is 1.11. The van der Waals surface area contributed by atoms with Crippen molar-refractivity contribution in [2.75, 3.05) is 0 Å². The van der Waals surface area contributed by atoms with Crippen molar-refractivity contribution < 1.29 is 4.79 Å². The Labute approximate surface area is 71.9 Å². The first-order valence-electron chi connectivity index (χ1n) is 3.78. The van der Waals surface area contributed by atoms with Crippen molar-refractivity contribution in [3.63, 3.8) is 0 Å². The Balaban J connectivity index is 3.12. The van der Waals surface area contributed by atoms with Gasteiger partial charge in [-0.3, -0.25) is 9.78 Å². The number of carbonyl (C=O) groups excluding carboxylic acids is 1. The van der Waals surface area contributed by atoms with E-state index in [0.29, 0.717) is 0 Å². The van der Waals surface area contributed by atoms with Crippen molar-refractivity contribution in [3.8, 4) is 0 Å². The van der Waals surface area contributed by atoms with Crippen LogP contribution < -0.4 is 0 Å². The lowest BCUT2D eigenvalue weighted by molar-refractivity contribution is -0.104. The lowest BCUT2D eigenvalue weighted by Crippen LogP contribution is -1.87. The zero-order chi connectivity index (χ0) is 8.97. The quantitative estimate of drug-likeness (QED) is 0.490. The summed E-state index contributed by atoms with van der Waals surface area (Å²) in [5, 5.41) is 0. The average Bonchev–Trinajstić information content (AvgIpc) is 2.04. The van der Waals surface area contributed by atoms with Gasteiger partial charge in [0.2, 0.25) is 0 Å². The molecule has 0 N–H and O–H groups in total. The molecule has 0 aliphatic rings. The Morgan fingerprint density at radius 2 is 1.83 bits per heavy atom. The van der Waals surface area contributed by atoms with Crippen molar-refractivity contribution in [2.45, 2.75) is 13.8 Å². The number of aromatic nitrogens is 1. The molecule has 0 fully saturated rings. The fourth-order valence-corrected chi connectivity index (χ4v) is 1.11. The minimum Gasteiger partial charge on any atom is -0.299 e. The maximum Gasteiger partial charge on any atom is 0.142 e. The Kier molecular flexibility index (Phi) is 2.75. The van der Waals surface area contributed by atoms with E-state index in [1.807, 2.05) is 13.8 Å². The summed E-state index contributed by atoms with van der Waals surface area (Å²) in [7, 11) is 0. The number of hydrogen-bond acceptors (Lipinski definition) is 2. The Morgan fingerprint density at radius 3 is 2.33 bits per heavy atom. The predicted octanol–water partition coefficient (Wildman–Crippen LogP) is 1.91. The molecule has 12 heavy (non-hydrogen) atoms. The van der Waals surface area contributed by atoms with Gasteiger partial charge in [-0.15, -0.1) is 0 Å². The van der Waals surface area contributed by atoms with Crippen LogP contribution >= 0.6 is 0 Å². The lowest BCUT2D eigenvalue weighted by atomic mass is 10.1. The van der Waals surface area contributed by atoms with E-state index in [4.69, 9.17) is 0 Å². The molecule has 0 aliphatic heterocycles. The molecule has 2 nitrogen and oxygen atoms in total. The van der Waals surface area contributed by atoms with Crippen molar-refractivity contribution >= 4 is 12.4 Å². The number of aryl methyl sites for hydroxylation is 2. The number of allylic oxidation sites excluding steroid dienone is 1. The predicted molar refractivity (Wildman–Crippen MR) is 48.8 cm³/mol. The molecule has 0 aromatic carbocycles. The third-order valence-corrected chi connectivity index (χ3v) is 1.73. The maximum atomic E-state index is 10.1. The van der Waals surface area contributed by atoms with Gasteiger partial charge in [0.05, 0.1) is 0 Å². The van der Waals surface area contributed by atoms with Gasteiger partial charge >= 0.3 is 0 Å². The number of hydrogen-bond donors (Lipinski definition) is 0. The van der Waals surface area contributed by atoms with Gasteiger partial charge in [-0.1, -0.05) is 6.08 Å². The van der Waals surface area contributed by atoms with E-state index < -0.39 is 0 Å². The van der Waals surface area contributed by atoms with Crippen molar-refractivity contribution in [2.24, 2.45) is 0 Å². The normalized spacial score (nSPS) is 10.5. The summed E-state index contributed by atoms with van der Waals surface area (Å²) in [6.45, 7) is 3.95. The van der Waals surface area contributed by atoms with Crippen LogP contribution in [0.15, 0.2) is 18.5 Å². The Hall–Kier alpha value is -1.44. The summed E-state index contributed by atoms with van der Waals surface area (Å²) in [6.07, 6.45) is 7.66. The van der Waals surface area contributed by atoms with Crippen molar-refractivity contribution in [1.29, 1.82) is 0 Å². The second kappa shape index (κ2) is 3.81. The summed E-state index contributed by atoms with van der Waals surface area (Å²) in [4.78, 5) is 14.1. The van der Waals surface area contributed by atoms with Gasteiger partial charge in [0.1, 0.15) is 6.29 Å². The van der Waals surface area contributed by atoms with Crippen LogP contribution in [0.4, 0.5) is 0 Å². The zero-order valence-corrected chi connectivity index (χ0v) is 7.24. The summed E-state index contributed by atoms with van der Waals surface area (Å²) in [6, 6.07) is 0. The highest BCUT2D eigenvalue weighted by Crippen LogP contribution is 2.12. The Morgan fingerprint density at radius 1 is 1.25 bits per heavy atom. The highest BCUT2D eigenvalue weighted by Gasteiger charge is 1.96. The molecular weight excluding hydrogens is 150 g/mol. The van der Waals surface area contributed by atoms with E-state index in [9.17, 15) is 4.79 Å². The Bertz CT molecular complexity index is 295.